The molecule has 2 nitrogen and oxygen atoms in total. The molecule has 0 spiro atoms. The second-order valence-corrected chi connectivity index (χ2v) is 2.96. The third kappa shape index (κ3) is 5.07. The maximum atomic E-state index is 12.0. The lowest BCUT2D eigenvalue weighted by Gasteiger charge is -2.06. The van der Waals surface area contributed by atoms with Crippen LogP contribution < -0.4 is 5.32 Å². The minimum atomic E-state index is -3.81. The topological polar surface area (TPSA) is 29.1 Å². The molecular formula is C7H10ClF2NO. The van der Waals surface area contributed by atoms with E-state index in [1.54, 1.807) is 19.9 Å². The van der Waals surface area contributed by atoms with E-state index in [4.69, 9.17) is 0 Å². The maximum Gasteiger partial charge on any atom is 0.399 e. The van der Waals surface area contributed by atoms with Crippen LogP contribution in [-0.2, 0) is 4.79 Å². The molecule has 0 aliphatic heterocycles. The molecule has 0 aromatic rings. The SMILES string of the molecule is CC(C)=CCNC(=O)C(F)(F)Cl. The molecule has 70 valence electrons. The Hall–Kier alpha value is -0.640. The fraction of sp³-hybridized carbons (Fsp3) is 0.571. The first-order chi connectivity index (χ1) is 5.34. The lowest BCUT2D eigenvalue weighted by Crippen LogP contribution is -2.36. The standard InChI is InChI=1S/C7H10ClF2NO/c1-5(2)3-4-11-6(12)7(8,9)10/h3H,4H2,1-2H3,(H,11,12). The van der Waals surface area contributed by atoms with Crippen LogP contribution in [0.5, 0.6) is 0 Å². The van der Waals surface area contributed by atoms with Crippen molar-refractivity contribution in [3.05, 3.63) is 11.6 Å². The third-order valence-electron chi connectivity index (χ3n) is 1.03. The van der Waals surface area contributed by atoms with E-state index in [1.807, 2.05) is 5.32 Å². The summed E-state index contributed by atoms with van der Waals surface area (Å²) in [4.78, 5) is 10.4. The Kier molecular flexibility index (Phi) is 4.17. The highest BCUT2D eigenvalue weighted by Crippen LogP contribution is 2.17. The zero-order valence-electron chi connectivity index (χ0n) is 6.83. The van der Waals surface area contributed by atoms with E-state index in [2.05, 4.69) is 11.6 Å². The van der Waals surface area contributed by atoms with Gasteiger partial charge in [-0.1, -0.05) is 11.6 Å². The number of nitrogens with one attached hydrogen (secondary N) is 1. The van der Waals surface area contributed by atoms with E-state index >= 15 is 0 Å². The molecule has 1 N–H and O–H groups in total. The smallest absolute Gasteiger partial charge is 0.346 e. The molecule has 5 heteroatoms. The molecule has 0 radical (unpaired) electrons. The average Bonchev–Trinajstić information content (AvgIpc) is 1.84. The molecular weight excluding hydrogens is 188 g/mol. The van der Waals surface area contributed by atoms with Crippen LogP contribution in [0, 0.1) is 0 Å². The number of rotatable bonds is 3. The number of carbonyl (C=O) groups excluding carboxylic acids is 1. The van der Waals surface area contributed by atoms with E-state index in [9.17, 15) is 13.6 Å². The second kappa shape index (κ2) is 4.40. The first-order valence-electron chi connectivity index (χ1n) is 3.32. The highest BCUT2D eigenvalue weighted by molar-refractivity contribution is 6.32. The predicted octanol–water partition coefficient (Wildman–Crippen LogP) is 1.90. The third-order valence-corrected chi connectivity index (χ3v) is 1.20. The summed E-state index contributed by atoms with van der Waals surface area (Å²) in [5.41, 5.74) is 0.938. The van der Waals surface area contributed by atoms with Gasteiger partial charge in [0.25, 0.3) is 0 Å². The lowest BCUT2D eigenvalue weighted by atomic mass is 10.3. The monoisotopic (exact) mass is 197 g/mol. The van der Waals surface area contributed by atoms with Gasteiger partial charge in [0.1, 0.15) is 0 Å². The van der Waals surface area contributed by atoms with E-state index in [0.29, 0.717) is 0 Å². The van der Waals surface area contributed by atoms with Crippen LogP contribution in [0.1, 0.15) is 13.8 Å². The molecule has 0 atom stereocenters. The van der Waals surface area contributed by atoms with E-state index in [0.717, 1.165) is 5.57 Å². The van der Waals surface area contributed by atoms with Gasteiger partial charge in [-0.25, -0.2) is 0 Å². The van der Waals surface area contributed by atoms with E-state index in [-0.39, 0.29) is 6.54 Å². The highest BCUT2D eigenvalue weighted by Gasteiger charge is 2.34. The number of carbonyl (C=O) groups is 1. The summed E-state index contributed by atoms with van der Waals surface area (Å²) in [7, 11) is 0. The van der Waals surface area contributed by atoms with Crippen molar-refractivity contribution in [2.75, 3.05) is 6.54 Å². The normalized spacial score (nSPS) is 10.8. The van der Waals surface area contributed by atoms with Crippen LogP contribution in [0.15, 0.2) is 11.6 Å². The first-order valence-corrected chi connectivity index (χ1v) is 3.70. The fourth-order valence-electron chi connectivity index (χ4n) is 0.448. The lowest BCUT2D eigenvalue weighted by molar-refractivity contribution is -0.135. The zero-order chi connectivity index (χ0) is 9.78. The van der Waals surface area contributed by atoms with Crippen LogP contribution in [0.4, 0.5) is 8.78 Å². The number of hydrogen-bond acceptors (Lipinski definition) is 1. The Bertz CT molecular complexity index is 194. The highest BCUT2D eigenvalue weighted by atomic mass is 35.5. The molecule has 0 aromatic carbocycles. The van der Waals surface area contributed by atoms with Gasteiger partial charge in [0.05, 0.1) is 0 Å². The molecule has 0 heterocycles. The van der Waals surface area contributed by atoms with Crippen LogP contribution in [-0.4, -0.2) is 17.8 Å². The zero-order valence-corrected chi connectivity index (χ0v) is 7.58. The van der Waals surface area contributed by atoms with Crippen molar-refractivity contribution in [1.29, 1.82) is 0 Å². The number of amides is 1. The average molecular weight is 198 g/mol. The number of halogens is 3. The number of alkyl halides is 3. The number of allylic oxidation sites excluding steroid dienone is 1. The summed E-state index contributed by atoms with van der Waals surface area (Å²) in [6.07, 6.45) is 1.61. The van der Waals surface area contributed by atoms with Gasteiger partial charge >= 0.3 is 11.3 Å². The van der Waals surface area contributed by atoms with E-state index < -0.39 is 11.3 Å². The molecule has 0 saturated heterocycles. The van der Waals surface area contributed by atoms with Gasteiger partial charge in [0.2, 0.25) is 0 Å². The Balaban J connectivity index is 3.82. The molecule has 0 saturated carbocycles. The summed E-state index contributed by atoms with van der Waals surface area (Å²) in [5.74, 6) is -1.47. The summed E-state index contributed by atoms with van der Waals surface area (Å²) in [5, 5.41) is -1.85. The molecule has 0 unspecified atom stereocenters. The van der Waals surface area contributed by atoms with Gasteiger partial charge in [-0.3, -0.25) is 4.79 Å². The Morgan fingerprint density at radius 1 is 1.58 bits per heavy atom. The quantitative estimate of drug-likeness (QED) is 0.544. The molecule has 0 aliphatic rings. The van der Waals surface area contributed by atoms with Crippen molar-refractivity contribution in [3.63, 3.8) is 0 Å². The van der Waals surface area contributed by atoms with Gasteiger partial charge in [0, 0.05) is 6.54 Å². The van der Waals surface area contributed by atoms with Gasteiger partial charge < -0.3 is 5.32 Å². The van der Waals surface area contributed by atoms with Crippen LogP contribution in [0.3, 0.4) is 0 Å². The van der Waals surface area contributed by atoms with Crippen LogP contribution >= 0.6 is 11.6 Å². The first kappa shape index (κ1) is 11.4. The minimum Gasteiger partial charge on any atom is -0.346 e. The van der Waals surface area contributed by atoms with Crippen molar-refractivity contribution in [2.24, 2.45) is 0 Å². The van der Waals surface area contributed by atoms with Gasteiger partial charge in [-0.05, 0) is 25.4 Å². The van der Waals surface area contributed by atoms with Crippen molar-refractivity contribution in [2.45, 2.75) is 19.2 Å². The van der Waals surface area contributed by atoms with Crippen molar-refractivity contribution in [3.8, 4) is 0 Å². The van der Waals surface area contributed by atoms with E-state index in [1.165, 1.54) is 0 Å². The van der Waals surface area contributed by atoms with Gasteiger partial charge in [-0.2, -0.15) is 8.78 Å². The molecule has 1 amide bonds. The minimum absolute atomic E-state index is 0.0729. The Morgan fingerprint density at radius 3 is 2.42 bits per heavy atom. The molecule has 12 heavy (non-hydrogen) atoms. The fourth-order valence-corrected chi connectivity index (χ4v) is 0.515. The van der Waals surface area contributed by atoms with Crippen molar-refractivity contribution >= 4 is 17.5 Å². The largest absolute Gasteiger partial charge is 0.399 e. The van der Waals surface area contributed by atoms with Gasteiger partial charge in [0.15, 0.2) is 0 Å². The maximum absolute atomic E-state index is 12.0. The molecule has 0 fully saturated rings. The van der Waals surface area contributed by atoms with Crippen molar-refractivity contribution < 1.29 is 13.6 Å². The second-order valence-electron chi connectivity index (χ2n) is 2.49. The number of hydrogen-bond donors (Lipinski definition) is 1. The van der Waals surface area contributed by atoms with Crippen molar-refractivity contribution in [1.82, 2.24) is 5.32 Å². The Morgan fingerprint density at radius 2 is 2.08 bits per heavy atom. The van der Waals surface area contributed by atoms with Gasteiger partial charge in [-0.15, -0.1) is 0 Å². The summed E-state index contributed by atoms with van der Waals surface area (Å²) in [6, 6.07) is 0. The van der Waals surface area contributed by atoms with Crippen LogP contribution in [0.25, 0.3) is 0 Å². The molecule has 0 aliphatic carbocycles. The molecule has 0 rings (SSSR count). The summed E-state index contributed by atoms with van der Waals surface area (Å²) >= 11 is 4.43. The van der Waals surface area contributed by atoms with Crippen LogP contribution in [0.2, 0.25) is 0 Å². The molecule has 0 bridgehead atoms. The summed E-state index contributed by atoms with van der Waals surface area (Å²) < 4.78 is 23.9. The Labute approximate surface area is 74.6 Å². The summed E-state index contributed by atoms with van der Waals surface area (Å²) in [6.45, 7) is 3.67. The molecule has 0 aromatic heterocycles. The predicted molar refractivity (Wildman–Crippen MR) is 43.2 cm³/mol.